The largest absolute Gasteiger partial charge is 0.348 e. The van der Waals surface area contributed by atoms with E-state index >= 15 is 0 Å². The number of thiophene rings is 1. The number of fused-ring (bicyclic) bond motifs is 1. The standard InChI is InChI=1S/C26H24F2N4O2S/c1-16-21-14-23(35-26(21)32(30-16)15-17-6-8-18(27)9-7-17)24(33)29-19-10-12-31(13-11-19)25(34)20-4-2-3-5-22(20)28/h2-9,14,19H,10-13,15H2,1H3,(H,29,33). The maximum atomic E-state index is 14.0. The highest BCUT2D eigenvalue weighted by Gasteiger charge is 2.27. The molecule has 35 heavy (non-hydrogen) atoms. The molecule has 2 aromatic carbocycles. The number of nitrogens with zero attached hydrogens (tertiary/aromatic N) is 3. The highest BCUT2D eigenvalue weighted by Crippen LogP contribution is 2.29. The predicted molar refractivity (Wildman–Crippen MR) is 131 cm³/mol. The van der Waals surface area contributed by atoms with Crippen molar-refractivity contribution in [2.45, 2.75) is 32.4 Å². The van der Waals surface area contributed by atoms with Gasteiger partial charge in [0.2, 0.25) is 0 Å². The van der Waals surface area contributed by atoms with E-state index in [9.17, 15) is 18.4 Å². The first-order chi connectivity index (χ1) is 16.9. The Morgan fingerprint density at radius 3 is 2.51 bits per heavy atom. The molecule has 0 spiro atoms. The Labute approximate surface area is 205 Å². The number of benzene rings is 2. The van der Waals surface area contributed by atoms with Crippen molar-refractivity contribution in [3.63, 3.8) is 0 Å². The maximum absolute atomic E-state index is 14.0. The molecule has 0 aliphatic carbocycles. The van der Waals surface area contributed by atoms with E-state index in [0.29, 0.717) is 37.4 Å². The van der Waals surface area contributed by atoms with Gasteiger partial charge in [-0.15, -0.1) is 11.3 Å². The van der Waals surface area contributed by atoms with Crippen LogP contribution in [0.4, 0.5) is 8.78 Å². The number of amides is 2. The average molecular weight is 495 g/mol. The fourth-order valence-electron chi connectivity index (χ4n) is 4.38. The van der Waals surface area contributed by atoms with Gasteiger partial charge in [0, 0.05) is 24.5 Å². The van der Waals surface area contributed by atoms with Gasteiger partial charge < -0.3 is 10.2 Å². The smallest absolute Gasteiger partial charge is 0.261 e. The molecule has 180 valence electrons. The Morgan fingerprint density at radius 1 is 1.09 bits per heavy atom. The first kappa shape index (κ1) is 23.2. The summed E-state index contributed by atoms with van der Waals surface area (Å²) in [5.74, 6) is -1.28. The minimum atomic E-state index is -0.522. The van der Waals surface area contributed by atoms with Crippen molar-refractivity contribution in [1.29, 1.82) is 0 Å². The van der Waals surface area contributed by atoms with Gasteiger partial charge in [-0.1, -0.05) is 24.3 Å². The van der Waals surface area contributed by atoms with Crippen LogP contribution in [0.3, 0.4) is 0 Å². The summed E-state index contributed by atoms with van der Waals surface area (Å²) in [4.78, 5) is 28.7. The van der Waals surface area contributed by atoms with Crippen molar-refractivity contribution in [3.8, 4) is 0 Å². The van der Waals surface area contributed by atoms with Gasteiger partial charge in [-0.25, -0.2) is 8.78 Å². The predicted octanol–water partition coefficient (Wildman–Crippen LogP) is 4.77. The second kappa shape index (κ2) is 9.58. The lowest BCUT2D eigenvalue weighted by Gasteiger charge is -2.32. The molecule has 3 heterocycles. The van der Waals surface area contributed by atoms with Crippen LogP contribution in [-0.2, 0) is 6.54 Å². The zero-order chi connectivity index (χ0) is 24.5. The van der Waals surface area contributed by atoms with E-state index in [-0.39, 0.29) is 29.2 Å². The minimum absolute atomic E-state index is 0.0609. The lowest BCUT2D eigenvalue weighted by molar-refractivity contribution is 0.0694. The van der Waals surface area contributed by atoms with Crippen LogP contribution in [0.25, 0.3) is 10.2 Å². The van der Waals surface area contributed by atoms with Gasteiger partial charge in [-0.2, -0.15) is 5.10 Å². The number of carbonyl (C=O) groups excluding carboxylic acids is 2. The molecule has 2 amide bonds. The third-order valence-corrected chi connectivity index (χ3v) is 7.45. The van der Waals surface area contributed by atoms with Crippen molar-refractivity contribution in [2.24, 2.45) is 0 Å². The molecule has 0 radical (unpaired) electrons. The van der Waals surface area contributed by atoms with E-state index in [2.05, 4.69) is 10.4 Å². The SMILES string of the molecule is Cc1nn(Cc2ccc(F)cc2)c2sc(C(=O)NC3CCN(C(=O)c4ccccc4F)CC3)cc12. The monoisotopic (exact) mass is 494 g/mol. The van der Waals surface area contributed by atoms with Gasteiger partial charge in [-0.3, -0.25) is 14.3 Å². The van der Waals surface area contributed by atoms with Crippen LogP contribution >= 0.6 is 11.3 Å². The second-order valence-electron chi connectivity index (χ2n) is 8.72. The summed E-state index contributed by atoms with van der Waals surface area (Å²) < 4.78 is 29.0. The van der Waals surface area contributed by atoms with E-state index in [0.717, 1.165) is 21.5 Å². The first-order valence-electron chi connectivity index (χ1n) is 11.4. The van der Waals surface area contributed by atoms with Crippen molar-refractivity contribution < 1.29 is 18.4 Å². The average Bonchev–Trinajstić information content (AvgIpc) is 3.42. The summed E-state index contributed by atoms with van der Waals surface area (Å²) in [6.45, 7) is 3.30. The van der Waals surface area contributed by atoms with Gasteiger partial charge in [0.05, 0.1) is 22.7 Å². The summed E-state index contributed by atoms with van der Waals surface area (Å²) >= 11 is 1.38. The topological polar surface area (TPSA) is 67.2 Å². The molecular formula is C26H24F2N4O2S. The van der Waals surface area contributed by atoms with Crippen LogP contribution in [0.2, 0.25) is 0 Å². The number of piperidine rings is 1. The second-order valence-corrected chi connectivity index (χ2v) is 9.75. The number of hydrogen-bond acceptors (Lipinski definition) is 4. The summed E-state index contributed by atoms with van der Waals surface area (Å²) in [5, 5.41) is 8.58. The highest BCUT2D eigenvalue weighted by molar-refractivity contribution is 7.20. The number of nitrogens with one attached hydrogen (secondary N) is 1. The molecular weight excluding hydrogens is 470 g/mol. The van der Waals surface area contributed by atoms with E-state index in [1.807, 2.05) is 17.7 Å². The molecule has 4 aromatic rings. The quantitative estimate of drug-likeness (QED) is 0.435. The fourth-order valence-corrected chi connectivity index (χ4v) is 5.45. The van der Waals surface area contributed by atoms with Gasteiger partial charge >= 0.3 is 0 Å². The van der Waals surface area contributed by atoms with Gasteiger partial charge in [0.15, 0.2) is 0 Å². The normalized spacial score (nSPS) is 14.4. The fraction of sp³-hybridized carbons (Fsp3) is 0.269. The van der Waals surface area contributed by atoms with Gasteiger partial charge in [0.25, 0.3) is 11.8 Å². The number of halogens is 2. The lowest BCUT2D eigenvalue weighted by atomic mass is 10.0. The molecule has 1 aliphatic heterocycles. The molecule has 1 fully saturated rings. The minimum Gasteiger partial charge on any atom is -0.348 e. The van der Waals surface area contributed by atoms with Crippen LogP contribution < -0.4 is 5.32 Å². The lowest BCUT2D eigenvalue weighted by Crippen LogP contribution is -2.46. The zero-order valence-corrected chi connectivity index (χ0v) is 19.9. The summed E-state index contributed by atoms with van der Waals surface area (Å²) in [7, 11) is 0. The molecule has 2 aromatic heterocycles. The van der Waals surface area contributed by atoms with Crippen LogP contribution in [0.5, 0.6) is 0 Å². The van der Waals surface area contributed by atoms with Crippen molar-refractivity contribution in [3.05, 3.63) is 87.9 Å². The third kappa shape index (κ3) is 4.81. The molecule has 9 heteroatoms. The zero-order valence-electron chi connectivity index (χ0n) is 19.1. The Kier molecular flexibility index (Phi) is 6.34. The van der Waals surface area contributed by atoms with E-state index in [1.54, 1.807) is 29.2 Å². The van der Waals surface area contributed by atoms with Gasteiger partial charge in [0.1, 0.15) is 16.5 Å². The number of rotatable bonds is 5. The van der Waals surface area contributed by atoms with Gasteiger partial charge in [-0.05, 0) is 55.7 Å². The Morgan fingerprint density at radius 2 is 1.80 bits per heavy atom. The Hall–Kier alpha value is -3.59. The molecule has 5 rings (SSSR count). The summed E-state index contributed by atoms with van der Waals surface area (Å²) in [5.41, 5.74) is 1.83. The molecule has 0 saturated carbocycles. The van der Waals surface area contributed by atoms with Crippen LogP contribution in [0.1, 0.15) is 44.1 Å². The van der Waals surface area contributed by atoms with Crippen molar-refractivity contribution in [2.75, 3.05) is 13.1 Å². The number of hydrogen-bond donors (Lipinski definition) is 1. The first-order valence-corrected chi connectivity index (χ1v) is 12.3. The molecule has 0 bridgehead atoms. The number of likely N-dealkylation sites (tertiary alicyclic amines) is 1. The maximum Gasteiger partial charge on any atom is 0.261 e. The Bertz CT molecular complexity index is 1390. The number of carbonyl (C=O) groups is 2. The van der Waals surface area contributed by atoms with E-state index in [4.69, 9.17) is 0 Å². The molecule has 6 nitrogen and oxygen atoms in total. The van der Waals surface area contributed by atoms with E-state index in [1.165, 1.54) is 35.6 Å². The number of aryl methyl sites for hydroxylation is 1. The van der Waals surface area contributed by atoms with Crippen LogP contribution in [0.15, 0.2) is 54.6 Å². The highest BCUT2D eigenvalue weighted by atomic mass is 32.1. The van der Waals surface area contributed by atoms with Crippen LogP contribution in [0, 0.1) is 18.6 Å². The summed E-state index contributed by atoms with van der Waals surface area (Å²) in [6, 6.07) is 14.1. The van der Waals surface area contributed by atoms with Crippen molar-refractivity contribution >= 4 is 33.4 Å². The molecule has 1 N–H and O–H groups in total. The number of aromatic nitrogens is 2. The third-order valence-electron chi connectivity index (χ3n) is 6.30. The van der Waals surface area contributed by atoms with E-state index < -0.39 is 5.82 Å². The Balaban J connectivity index is 1.23. The molecule has 1 saturated heterocycles. The molecule has 0 atom stereocenters. The molecule has 0 unspecified atom stereocenters. The molecule has 1 aliphatic rings. The van der Waals surface area contributed by atoms with Crippen LogP contribution in [-0.4, -0.2) is 45.6 Å². The summed E-state index contributed by atoms with van der Waals surface area (Å²) in [6.07, 6.45) is 1.21. The van der Waals surface area contributed by atoms with Crippen molar-refractivity contribution in [1.82, 2.24) is 20.0 Å².